The van der Waals surface area contributed by atoms with Crippen molar-refractivity contribution >= 4 is 22.9 Å². The van der Waals surface area contributed by atoms with Crippen LogP contribution in [0.25, 0.3) is 0 Å². The van der Waals surface area contributed by atoms with Gasteiger partial charge in [0.2, 0.25) is 0 Å². The molecule has 2 aromatic heterocycles. The van der Waals surface area contributed by atoms with Gasteiger partial charge in [0, 0.05) is 23.7 Å². The highest BCUT2D eigenvalue weighted by molar-refractivity contribution is 7.16. The molecule has 0 spiro atoms. The molecule has 0 radical (unpaired) electrons. The molecule has 0 saturated carbocycles. The lowest BCUT2D eigenvalue weighted by atomic mass is 10.2. The Morgan fingerprint density at radius 2 is 2.41 bits per heavy atom. The van der Waals surface area contributed by atoms with Gasteiger partial charge in [0.15, 0.2) is 0 Å². The van der Waals surface area contributed by atoms with Crippen molar-refractivity contribution in [3.05, 3.63) is 50.9 Å². The molecule has 1 atom stereocenters. The number of pyridine rings is 1. The van der Waals surface area contributed by atoms with Crippen LogP contribution in [0.15, 0.2) is 30.5 Å². The van der Waals surface area contributed by atoms with E-state index >= 15 is 0 Å². The van der Waals surface area contributed by atoms with Gasteiger partial charge < -0.3 is 5.32 Å². The molecule has 2 nitrogen and oxygen atoms in total. The largest absolute Gasteiger partial charge is 0.304 e. The van der Waals surface area contributed by atoms with E-state index in [2.05, 4.69) is 16.4 Å². The number of thiophene rings is 1. The zero-order valence-corrected chi connectivity index (χ0v) is 10.9. The summed E-state index contributed by atoms with van der Waals surface area (Å²) < 4.78 is 0.902. The van der Waals surface area contributed by atoms with Gasteiger partial charge >= 0.3 is 0 Å². The predicted octanol–water partition coefficient (Wildman–Crippen LogP) is 3.57. The summed E-state index contributed by atoms with van der Waals surface area (Å²) in [7, 11) is 0. The molecule has 88 valence electrons. The van der Waals surface area contributed by atoms with Crippen LogP contribution in [0.4, 0.5) is 0 Å². The number of nitrogens with one attached hydrogen (secondary N) is 1. The van der Waals surface area contributed by atoms with Crippen molar-refractivity contribution in [1.82, 2.24) is 10.3 Å². The number of aryl methyl sites for hydroxylation is 1. The highest BCUT2D eigenvalue weighted by atomic mass is 35.5. The smallest absolute Gasteiger partial charge is 0.0934 e. The Balaban J connectivity index is 1.68. The van der Waals surface area contributed by atoms with Gasteiger partial charge in [0.25, 0.3) is 0 Å². The van der Waals surface area contributed by atoms with Crippen molar-refractivity contribution in [2.75, 3.05) is 0 Å². The minimum Gasteiger partial charge on any atom is -0.304 e. The molecule has 3 rings (SSSR count). The highest BCUT2D eigenvalue weighted by Crippen LogP contribution is 2.39. The highest BCUT2D eigenvalue weighted by Gasteiger charge is 2.24. The second-order valence-electron chi connectivity index (χ2n) is 4.22. The summed E-state index contributed by atoms with van der Waals surface area (Å²) in [5.41, 5.74) is 2.47. The summed E-state index contributed by atoms with van der Waals surface area (Å²) in [5.74, 6) is 0. The third kappa shape index (κ3) is 2.37. The Labute approximate surface area is 110 Å². The Bertz CT molecular complexity index is 509. The number of rotatable bonds is 3. The fraction of sp³-hybridized carbons (Fsp3) is 0.308. The summed E-state index contributed by atoms with van der Waals surface area (Å²) in [4.78, 5) is 5.75. The molecule has 0 aromatic carbocycles. The maximum absolute atomic E-state index is 6.04. The van der Waals surface area contributed by atoms with Gasteiger partial charge in [-0.25, -0.2) is 0 Å². The quantitative estimate of drug-likeness (QED) is 0.917. The van der Waals surface area contributed by atoms with Crippen molar-refractivity contribution in [2.24, 2.45) is 0 Å². The Morgan fingerprint density at radius 1 is 1.47 bits per heavy atom. The van der Waals surface area contributed by atoms with Crippen LogP contribution < -0.4 is 5.32 Å². The van der Waals surface area contributed by atoms with Crippen LogP contribution in [0, 0.1) is 0 Å². The van der Waals surface area contributed by atoms with E-state index in [0.717, 1.165) is 23.0 Å². The Hall–Kier alpha value is -0.900. The zero-order valence-electron chi connectivity index (χ0n) is 9.32. The third-order valence-electron chi connectivity index (χ3n) is 3.10. The van der Waals surface area contributed by atoms with E-state index in [4.69, 9.17) is 11.6 Å². The molecule has 4 heteroatoms. The molecule has 17 heavy (non-hydrogen) atoms. The summed E-state index contributed by atoms with van der Waals surface area (Å²) in [5, 5.41) is 3.55. The van der Waals surface area contributed by atoms with Crippen LogP contribution in [0.1, 0.15) is 28.6 Å². The Kier molecular flexibility index (Phi) is 3.14. The number of fused-ring (bicyclic) bond motifs is 1. The molecule has 2 aromatic rings. The number of aromatic nitrogens is 1. The molecule has 0 saturated heterocycles. The number of nitrogens with zero attached hydrogens (tertiary/aromatic N) is 1. The molecule has 2 heterocycles. The SMILES string of the molecule is Clc1cc2c(s1)CCC2NCc1ccccn1. The molecule has 0 amide bonds. The minimum atomic E-state index is 0.441. The van der Waals surface area contributed by atoms with Crippen molar-refractivity contribution in [2.45, 2.75) is 25.4 Å². The minimum absolute atomic E-state index is 0.441. The van der Waals surface area contributed by atoms with Crippen LogP contribution >= 0.6 is 22.9 Å². The summed E-state index contributed by atoms with van der Waals surface area (Å²) in [6, 6.07) is 8.55. The molecule has 0 fully saturated rings. The second kappa shape index (κ2) is 4.77. The van der Waals surface area contributed by atoms with E-state index < -0.39 is 0 Å². The van der Waals surface area contributed by atoms with Crippen molar-refractivity contribution in [1.29, 1.82) is 0 Å². The van der Waals surface area contributed by atoms with Crippen LogP contribution in [0.3, 0.4) is 0 Å². The second-order valence-corrected chi connectivity index (χ2v) is 5.99. The maximum atomic E-state index is 6.04. The maximum Gasteiger partial charge on any atom is 0.0934 e. The molecule has 1 aliphatic rings. The van der Waals surface area contributed by atoms with E-state index in [1.54, 1.807) is 11.3 Å². The van der Waals surface area contributed by atoms with Gasteiger partial charge in [-0.3, -0.25) is 4.98 Å². The number of halogens is 1. The monoisotopic (exact) mass is 264 g/mol. The van der Waals surface area contributed by atoms with Crippen LogP contribution in [-0.2, 0) is 13.0 Å². The van der Waals surface area contributed by atoms with Crippen LogP contribution in [-0.4, -0.2) is 4.98 Å². The molecule has 1 unspecified atom stereocenters. The van der Waals surface area contributed by atoms with E-state index in [0.29, 0.717) is 6.04 Å². The van der Waals surface area contributed by atoms with Crippen LogP contribution in [0.5, 0.6) is 0 Å². The summed E-state index contributed by atoms with van der Waals surface area (Å²) >= 11 is 7.75. The van der Waals surface area contributed by atoms with Crippen LogP contribution in [0.2, 0.25) is 4.34 Å². The average molecular weight is 265 g/mol. The predicted molar refractivity (Wildman–Crippen MR) is 71.5 cm³/mol. The van der Waals surface area contributed by atoms with Gasteiger partial charge in [-0.15, -0.1) is 11.3 Å². The molecular formula is C13H13ClN2S. The van der Waals surface area contributed by atoms with E-state index in [1.165, 1.54) is 16.9 Å². The first-order valence-corrected chi connectivity index (χ1v) is 6.94. The van der Waals surface area contributed by atoms with Gasteiger partial charge in [0.05, 0.1) is 10.0 Å². The molecule has 1 aliphatic carbocycles. The molecule has 0 bridgehead atoms. The number of hydrogen-bond donors (Lipinski definition) is 1. The fourth-order valence-corrected chi connectivity index (χ4v) is 3.63. The lowest BCUT2D eigenvalue weighted by molar-refractivity contribution is 0.525. The van der Waals surface area contributed by atoms with Crippen molar-refractivity contribution in [3.63, 3.8) is 0 Å². The van der Waals surface area contributed by atoms with Gasteiger partial charge in [-0.2, -0.15) is 0 Å². The normalized spacial score (nSPS) is 18.3. The topological polar surface area (TPSA) is 24.9 Å². The summed E-state index contributed by atoms with van der Waals surface area (Å²) in [6.07, 6.45) is 4.15. The van der Waals surface area contributed by atoms with Crippen molar-refractivity contribution in [3.8, 4) is 0 Å². The first-order chi connectivity index (χ1) is 8.33. The van der Waals surface area contributed by atoms with E-state index in [-0.39, 0.29) is 0 Å². The molecule has 1 N–H and O–H groups in total. The first kappa shape index (κ1) is 11.2. The van der Waals surface area contributed by atoms with E-state index in [1.807, 2.05) is 24.4 Å². The van der Waals surface area contributed by atoms with Gasteiger partial charge in [-0.05, 0) is 36.6 Å². The van der Waals surface area contributed by atoms with Gasteiger partial charge in [0.1, 0.15) is 0 Å². The lowest BCUT2D eigenvalue weighted by Gasteiger charge is -2.12. The fourth-order valence-electron chi connectivity index (χ4n) is 2.27. The lowest BCUT2D eigenvalue weighted by Crippen LogP contribution is -2.18. The first-order valence-electron chi connectivity index (χ1n) is 5.74. The van der Waals surface area contributed by atoms with E-state index in [9.17, 15) is 0 Å². The average Bonchev–Trinajstić information content (AvgIpc) is 2.87. The number of hydrogen-bond acceptors (Lipinski definition) is 3. The Morgan fingerprint density at radius 3 is 3.24 bits per heavy atom. The molecular weight excluding hydrogens is 252 g/mol. The zero-order chi connectivity index (χ0) is 11.7. The third-order valence-corrected chi connectivity index (χ3v) is 4.44. The molecule has 0 aliphatic heterocycles. The summed E-state index contributed by atoms with van der Waals surface area (Å²) in [6.45, 7) is 0.818. The van der Waals surface area contributed by atoms with Gasteiger partial charge in [-0.1, -0.05) is 17.7 Å². The standard InChI is InChI=1S/C13H13ClN2S/c14-13-7-10-11(4-5-12(10)17-13)16-8-9-3-1-2-6-15-9/h1-3,6-7,11,16H,4-5,8H2. The van der Waals surface area contributed by atoms with Crippen molar-refractivity contribution < 1.29 is 0 Å².